The second-order valence-corrected chi connectivity index (χ2v) is 10.2. The van der Waals surface area contributed by atoms with Crippen molar-refractivity contribution in [2.24, 2.45) is 0 Å². The van der Waals surface area contributed by atoms with E-state index in [0.717, 1.165) is 36.8 Å². The summed E-state index contributed by atoms with van der Waals surface area (Å²) in [4.78, 5) is 48.5. The van der Waals surface area contributed by atoms with E-state index in [1.165, 1.54) is 12.7 Å². The third-order valence-electron chi connectivity index (χ3n) is 8.26. The number of hydrogen-bond donors (Lipinski definition) is 0. The molecular weight excluding hydrogens is 462 g/mol. The Bertz CT molecular complexity index is 1200. The van der Waals surface area contributed by atoms with Crippen molar-refractivity contribution in [3.05, 3.63) is 65.0 Å². The molecule has 1 amide bonds. The smallest absolute Gasteiger partial charge is 0.449 e. The number of carbonyl (C=O) groups is 3. The molecule has 1 unspecified atom stereocenters. The molecule has 1 aromatic heterocycles. The first-order valence-corrected chi connectivity index (χ1v) is 12.5. The first kappa shape index (κ1) is 23.0. The lowest BCUT2D eigenvalue weighted by Crippen LogP contribution is -2.40. The Labute approximate surface area is 209 Å². The highest BCUT2D eigenvalue weighted by Crippen LogP contribution is 2.52. The summed E-state index contributed by atoms with van der Waals surface area (Å²) in [5.41, 5.74) is 2.41. The first-order valence-electron chi connectivity index (χ1n) is 12.5. The highest BCUT2D eigenvalue weighted by molar-refractivity contribution is 5.95. The third-order valence-corrected chi connectivity index (χ3v) is 8.26. The molecule has 0 bridgehead atoms. The van der Waals surface area contributed by atoms with Gasteiger partial charge in [0.1, 0.15) is 0 Å². The van der Waals surface area contributed by atoms with Gasteiger partial charge in [-0.05, 0) is 48.8 Å². The van der Waals surface area contributed by atoms with Gasteiger partial charge in [0.2, 0.25) is 5.91 Å². The number of esters is 1. The number of benzene rings is 1. The number of amides is 1. The van der Waals surface area contributed by atoms with Crippen molar-refractivity contribution < 1.29 is 28.7 Å². The van der Waals surface area contributed by atoms with Crippen molar-refractivity contribution in [1.82, 2.24) is 14.9 Å². The van der Waals surface area contributed by atoms with Gasteiger partial charge >= 0.3 is 12.1 Å². The second-order valence-electron chi connectivity index (χ2n) is 10.2. The lowest BCUT2D eigenvalue weighted by atomic mass is 9.87. The van der Waals surface area contributed by atoms with Crippen LogP contribution in [0.3, 0.4) is 0 Å². The van der Waals surface area contributed by atoms with Crippen molar-refractivity contribution in [2.45, 2.75) is 49.0 Å². The molecule has 1 saturated carbocycles. The predicted octanol–water partition coefficient (Wildman–Crippen LogP) is 3.29. The maximum Gasteiger partial charge on any atom is 0.527 e. The minimum absolute atomic E-state index is 0.124. The number of rotatable bonds is 4. The number of piperidine rings is 1. The van der Waals surface area contributed by atoms with Gasteiger partial charge in [-0.2, -0.15) is 0 Å². The lowest BCUT2D eigenvalue weighted by Gasteiger charge is -2.30. The van der Waals surface area contributed by atoms with Gasteiger partial charge in [-0.1, -0.05) is 24.3 Å². The summed E-state index contributed by atoms with van der Waals surface area (Å²) >= 11 is 0. The molecule has 0 radical (unpaired) electrons. The quantitative estimate of drug-likeness (QED) is 0.601. The fraction of sp³-hybridized carbons (Fsp3) is 0.481. The van der Waals surface area contributed by atoms with Gasteiger partial charge in [0.05, 0.1) is 24.6 Å². The highest BCUT2D eigenvalue weighted by Gasteiger charge is 2.57. The summed E-state index contributed by atoms with van der Waals surface area (Å²) in [7, 11) is 1.30. The van der Waals surface area contributed by atoms with Crippen molar-refractivity contribution >= 4 is 18.0 Å². The summed E-state index contributed by atoms with van der Waals surface area (Å²) in [6.45, 7) is 2.27. The molecule has 9 heteroatoms. The average Bonchev–Trinajstić information content (AvgIpc) is 3.55. The average molecular weight is 492 g/mol. The Morgan fingerprint density at radius 2 is 1.81 bits per heavy atom. The summed E-state index contributed by atoms with van der Waals surface area (Å²) in [6, 6.07) is 10.3. The molecule has 6 rings (SSSR count). The zero-order valence-electron chi connectivity index (χ0n) is 20.3. The zero-order chi connectivity index (χ0) is 24.9. The fourth-order valence-corrected chi connectivity index (χ4v) is 6.05. The maximum atomic E-state index is 13.7. The fourth-order valence-electron chi connectivity index (χ4n) is 6.05. The number of nitrogens with zero attached hydrogens (tertiary/aromatic N) is 3. The topological polar surface area (TPSA) is 98.3 Å². The Hall–Kier alpha value is -3.46. The molecule has 188 valence electrons. The van der Waals surface area contributed by atoms with Crippen molar-refractivity contribution in [3.63, 3.8) is 0 Å². The van der Waals surface area contributed by atoms with Crippen molar-refractivity contribution in [2.75, 3.05) is 33.3 Å². The second kappa shape index (κ2) is 8.58. The molecule has 4 aliphatic rings. The largest absolute Gasteiger partial charge is 0.527 e. The van der Waals surface area contributed by atoms with Crippen LogP contribution < -0.4 is 0 Å². The molecule has 1 atom stereocenters. The minimum Gasteiger partial charge on any atom is -0.449 e. The van der Waals surface area contributed by atoms with Gasteiger partial charge in [0.25, 0.3) is 0 Å². The SMILES string of the molecule is COC(=O)ON1CCC(c2ccc(C3(C(=O)N4CCC5(C4)OC(=O)c4cnccc45)CC3)cc2)CC1. The summed E-state index contributed by atoms with van der Waals surface area (Å²) in [5.74, 6) is 0.151. The predicted molar refractivity (Wildman–Crippen MR) is 127 cm³/mol. The minimum atomic E-state index is -0.753. The van der Waals surface area contributed by atoms with E-state index < -0.39 is 17.2 Å². The Morgan fingerprint density at radius 1 is 1.06 bits per heavy atom. The van der Waals surface area contributed by atoms with Gasteiger partial charge in [-0.25, -0.2) is 9.59 Å². The number of hydrogen-bond acceptors (Lipinski definition) is 8. The van der Waals surface area contributed by atoms with E-state index in [-0.39, 0.29) is 11.9 Å². The standard InChI is InChI=1S/C27H29N3O6/c1-34-25(33)36-30-13-7-19(8-14-30)18-2-4-20(5-3-18)26(9-10-26)24(32)29-15-11-27(17-29)22-6-12-28-16-21(22)23(31)35-27/h2-6,12,16,19H,7-11,13-15,17H2,1H3. The van der Waals surface area contributed by atoms with Crippen LogP contribution in [0.4, 0.5) is 4.79 Å². The van der Waals surface area contributed by atoms with E-state index >= 15 is 0 Å². The zero-order valence-corrected chi connectivity index (χ0v) is 20.3. The molecular formula is C27H29N3O6. The van der Waals surface area contributed by atoms with Gasteiger partial charge in [-0.15, -0.1) is 5.06 Å². The normalized spacial score (nSPS) is 24.9. The van der Waals surface area contributed by atoms with E-state index in [1.54, 1.807) is 17.5 Å². The molecule has 3 aliphatic heterocycles. The molecule has 2 aromatic rings. The number of likely N-dealkylation sites (tertiary alicyclic amines) is 1. The molecule has 4 heterocycles. The van der Waals surface area contributed by atoms with Crippen LogP contribution in [0, 0.1) is 0 Å². The number of ether oxygens (including phenoxy) is 2. The van der Waals surface area contributed by atoms with E-state index in [1.807, 2.05) is 11.0 Å². The number of aromatic nitrogens is 1. The number of carbonyl (C=O) groups excluding carboxylic acids is 3. The summed E-state index contributed by atoms with van der Waals surface area (Å²) in [5, 5.41) is 1.65. The number of fused-ring (bicyclic) bond motifs is 2. The van der Waals surface area contributed by atoms with E-state index in [2.05, 4.69) is 34.0 Å². The van der Waals surface area contributed by atoms with Gasteiger partial charge in [0, 0.05) is 44.0 Å². The molecule has 1 aliphatic carbocycles. The van der Waals surface area contributed by atoms with E-state index in [0.29, 0.717) is 44.1 Å². The van der Waals surface area contributed by atoms with Crippen LogP contribution in [0.2, 0.25) is 0 Å². The van der Waals surface area contributed by atoms with Crippen molar-refractivity contribution in [3.8, 4) is 0 Å². The lowest BCUT2D eigenvalue weighted by molar-refractivity contribution is -0.135. The first-order chi connectivity index (χ1) is 17.4. The van der Waals surface area contributed by atoms with Crippen molar-refractivity contribution in [1.29, 1.82) is 0 Å². The van der Waals surface area contributed by atoms with Crippen LogP contribution in [-0.4, -0.2) is 66.3 Å². The van der Waals surface area contributed by atoms with Crippen LogP contribution in [-0.2, 0) is 30.1 Å². The van der Waals surface area contributed by atoms with Crippen LogP contribution in [0.15, 0.2) is 42.7 Å². The van der Waals surface area contributed by atoms with E-state index in [4.69, 9.17) is 9.57 Å². The molecule has 0 N–H and O–H groups in total. The summed E-state index contributed by atoms with van der Waals surface area (Å²) < 4.78 is 10.4. The Balaban J connectivity index is 1.12. The van der Waals surface area contributed by atoms with Gasteiger partial charge in [0.15, 0.2) is 5.60 Å². The Morgan fingerprint density at radius 3 is 2.50 bits per heavy atom. The molecule has 2 saturated heterocycles. The monoisotopic (exact) mass is 491 g/mol. The number of methoxy groups -OCH3 is 1. The van der Waals surface area contributed by atoms with E-state index in [9.17, 15) is 14.4 Å². The molecule has 1 aromatic carbocycles. The molecule has 36 heavy (non-hydrogen) atoms. The highest BCUT2D eigenvalue weighted by atomic mass is 16.8. The van der Waals surface area contributed by atoms with Crippen LogP contribution in [0.1, 0.15) is 65.1 Å². The third kappa shape index (κ3) is 3.73. The van der Waals surface area contributed by atoms with Gasteiger partial charge < -0.3 is 19.2 Å². The Kier molecular flexibility index (Phi) is 5.48. The number of pyridine rings is 1. The van der Waals surface area contributed by atoms with Crippen LogP contribution in [0.5, 0.6) is 0 Å². The van der Waals surface area contributed by atoms with Crippen LogP contribution in [0.25, 0.3) is 0 Å². The molecule has 9 nitrogen and oxygen atoms in total. The molecule has 1 spiro atoms. The number of hydroxylamine groups is 2. The summed E-state index contributed by atoms with van der Waals surface area (Å²) in [6.07, 6.45) is 6.57. The van der Waals surface area contributed by atoms with Crippen LogP contribution >= 0.6 is 0 Å². The molecule has 3 fully saturated rings. The van der Waals surface area contributed by atoms with Gasteiger partial charge in [-0.3, -0.25) is 9.78 Å². The maximum absolute atomic E-state index is 13.7.